The first-order valence-electron chi connectivity index (χ1n) is 7.46. The van der Waals surface area contributed by atoms with Crippen molar-refractivity contribution in [3.05, 3.63) is 22.7 Å². The molecule has 0 aliphatic carbocycles. The molecule has 2 rings (SSSR count). The number of methoxy groups -OCH3 is 1. The number of nitrogens with zero attached hydrogens (tertiary/aromatic N) is 1. The highest BCUT2D eigenvalue weighted by Gasteiger charge is 2.33. The summed E-state index contributed by atoms with van der Waals surface area (Å²) in [7, 11) is 1.48. The summed E-state index contributed by atoms with van der Waals surface area (Å²) in [6.45, 7) is 7.12. The smallest absolute Gasteiger partial charge is 0.410 e. The maximum absolute atomic E-state index is 11.8. The number of phenols is 1. The molecule has 0 saturated carbocycles. The van der Waals surface area contributed by atoms with E-state index in [2.05, 4.69) is 5.32 Å². The Kier molecular flexibility index (Phi) is 5.26. The molecule has 1 fully saturated rings. The van der Waals surface area contributed by atoms with Crippen LogP contribution in [-0.2, 0) is 11.3 Å². The maximum atomic E-state index is 11.8. The minimum Gasteiger partial charge on any atom is -0.504 e. The first kappa shape index (κ1) is 17.7. The van der Waals surface area contributed by atoms with Crippen molar-refractivity contribution in [1.29, 1.82) is 0 Å². The Morgan fingerprint density at radius 1 is 1.43 bits per heavy atom. The molecule has 0 unspecified atom stereocenters. The Morgan fingerprint density at radius 3 is 2.65 bits per heavy atom. The van der Waals surface area contributed by atoms with Gasteiger partial charge in [-0.15, -0.1) is 0 Å². The van der Waals surface area contributed by atoms with E-state index in [1.165, 1.54) is 7.11 Å². The summed E-state index contributed by atoms with van der Waals surface area (Å²) >= 11 is 6.00. The minimum absolute atomic E-state index is 0.0766. The third-order valence-electron chi connectivity index (χ3n) is 3.45. The zero-order valence-corrected chi connectivity index (χ0v) is 14.6. The summed E-state index contributed by atoms with van der Waals surface area (Å²) in [6.07, 6.45) is -0.303. The molecule has 1 aromatic rings. The molecule has 0 spiro atoms. The van der Waals surface area contributed by atoms with Gasteiger partial charge in [-0.1, -0.05) is 11.6 Å². The summed E-state index contributed by atoms with van der Waals surface area (Å²) < 4.78 is 10.4. The lowest BCUT2D eigenvalue weighted by Gasteiger charge is -2.40. The Hall–Kier alpha value is -1.66. The van der Waals surface area contributed by atoms with Crippen molar-refractivity contribution in [2.45, 2.75) is 39.0 Å². The van der Waals surface area contributed by atoms with Crippen molar-refractivity contribution in [2.24, 2.45) is 0 Å². The largest absolute Gasteiger partial charge is 0.504 e. The van der Waals surface area contributed by atoms with Crippen molar-refractivity contribution < 1.29 is 19.4 Å². The quantitative estimate of drug-likeness (QED) is 0.880. The molecule has 0 atom stereocenters. The van der Waals surface area contributed by atoms with Gasteiger partial charge < -0.3 is 24.8 Å². The summed E-state index contributed by atoms with van der Waals surface area (Å²) in [5, 5.41) is 13.9. The fourth-order valence-corrected chi connectivity index (χ4v) is 2.49. The highest BCUT2D eigenvalue weighted by Crippen LogP contribution is 2.33. The van der Waals surface area contributed by atoms with Crippen LogP contribution < -0.4 is 10.1 Å². The number of amides is 1. The SMILES string of the molecule is COc1cc(Cl)cc(CNC2CN(C(=O)OC(C)(C)C)C2)c1O. The number of benzene rings is 1. The predicted molar refractivity (Wildman–Crippen MR) is 88.1 cm³/mol. The number of likely N-dealkylation sites (tertiary alicyclic amines) is 1. The van der Waals surface area contributed by atoms with Crippen molar-refractivity contribution in [2.75, 3.05) is 20.2 Å². The number of carbonyl (C=O) groups is 1. The highest BCUT2D eigenvalue weighted by molar-refractivity contribution is 6.30. The Labute approximate surface area is 141 Å². The third-order valence-corrected chi connectivity index (χ3v) is 3.67. The van der Waals surface area contributed by atoms with Gasteiger partial charge in [-0.2, -0.15) is 0 Å². The topological polar surface area (TPSA) is 71.0 Å². The van der Waals surface area contributed by atoms with Gasteiger partial charge in [-0.05, 0) is 26.8 Å². The summed E-state index contributed by atoms with van der Waals surface area (Å²) in [5.41, 5.74) is 0.170. The van der Waals surface area contributed by atoms with E-state index in [9.17, 15) is 9.90 Å². The van der Waals surface area contributed by atoms with E-state index >= 15 is 0 Å². The number of hydrogen-bond donors (Lipinski definition) is 2. The number of ether oxygens (including phenoxy) is 2. The van der Waals surface area contributed by atoms with E-state index in [-0.39, 0.29) is 17.9 Å². The lowest BCUT2D eigenvalue weighted by molar-refractivity contribution is 0.00516. The molecule has 1 aliphatic heterocycles. The number of aromatic hydroxyl groups is 1. The minimum atomic E-state index is -0.487. The first-order valence-corrected chi connectivity index (χ1v) is 7.84. The highest BCUT2D eigenvalue weighted by atomic mass is 35.5. The second kappa shape index (κ2) is 6.84. The molecule has 2 N–H and O–H groups in total. The molecule has 7 heteroatoms. The predicted octanol–water partition coefficient (Wildman–Crippen LogP) is 2.76. The monoisotopic (exact) mass is 342 g/mol. The number of halogens is 1. The fraction of sp³-hybridized carbons (Fsp3) is 0.562. The number of phenolic OH excluding ortho intramolecular Hbond substituents is 1. The first-order chi connectivity index (χ1) is 10.7. The lowest BCUT2D eigenvalue weighted by atomic mass is 10.1. The number of nitrogens with one attached hydrogen (secondary N) is 1. The standard InChI is InChI=1S/C16H23ClN2O4/c1-16(2,3)23-15(21)19-8-12(9-19)18-7-10-5-11(17)6-13(22-4)14(10)20/h5-6,12,18,20H,7-9H2,1-4H3. The van der Waals surface area contributed by atoms with Crippen LogP contribution in [0.4, 0.5) is 4.79 Å². The Balaban J connectivity index is 1.83. The van der Waals surface area contributed by atoms with Crippen LogP contribution >= 0.6 is 11.6 Å². The summed E-state index contributed by atoms with van der Waals surface area (Å²) in [6, 6.07) is 3.41. The summed E-state index contributed by atoms with van der Waals surface area (Å²) in [4.78, 5) is 13.5. The summed E-state index contributed by atoms with van der Waals surface area (Å²) in [5.74, 6) is 0.422. The molecule has 23 heavy (non-hydrogen) atoms. The van der Waals surface area contributed by atoms with Gasteiger partial charge >= 0.3 is 6.09 Å². The maximum Gasteiger partial charge on any atom is 0.410 e. The van der Waals surface area contributed by atoms with Crippen LogP contribution in [0.2, 0.25) is 5.02 Å². The van der Waals surface area contributed by atoms with E-state index in [4.69, 9.17) is 21.1 Å². The van der Waals surface area contributed by atoms with Gasteiger partial charge in [0.25, 0.3) is 0 Å². The second-order valence-corrected chi connectivity index (χ2v) is 7.02. The van der Waals surface area contributed by atoms with Crippen molar-refractivity contribution in [3.8, 4) is 11.5 Å². The van der Waals surface area contributed by atoms with E-state index in [1.807, 2.05) is 20.8 Å². The average Bonchev–Trinajstić information content (AvgIpc) is 2.38. The fourth-order valence-electron chi connectivity index (χ4n) is 2.26. The molecule has 0 aromatic heterocycles. The van der Waals surface area contributed by atoms with Crippen LogP contribution in [0.5, 0.6) is 11.5 Å². The molecule has 6 nitrogen and oxygen atoms in total. The van der Waals surface area contributed by atoms with Crippen molar-refractivity contribution in [1.82, 2.24) is 10.2 Å². The van der Waals surface area contributed by atoms with Crippen LogP contribution in [0, 0.1) is 0 Å². The molecular formula is C16H23ClN2O4. The molecule has 0 bridgehead atoms. The van der Waals surface area contributed by atoms with Gasteiger partial charge in [0.05, 0.1) is 7.11 Å². The molecule has 1 saturated heterocycles. The zero-order valence-electron chi connectivity index (χ0n) is 13.9. The lowest BCUT2D eigenvalue weighted by Crippen LogP contribution is -2.60. The number of rotatable bonds is 4. The normalized spacial score (nSPS) is 15.3. The number of carbonyl (C=O) groups excluding carboxylic acids is 1. The van der Waals surface area contributed by atoms with Crippen LogP contribution in [0.3, 0.4) is 0 Å². The Bertz CT molecular complexity index is 580. The molecular weight excluding hydrogens is 320 g/mol. The van der Waals surface area contributed by atoms with Gasteiger partial charge in [-0.25, -0.2) is 4.79 Å². The van der Waals surface area contributed by atoms with Crippen molar-refractivity contribution >= 4 is 17.7 Å². The van der Waals surface area contributed by atoms with E-state index in [1.54, 1.807) is 17.0 Å². The van der Waals surface area contributed by atoms with Crippen molar-refractivity contribution in [3.63, 3.8) is 0 Å². The molecule has 1 aromatic carbocycles. The van der Waals surface area contributed by atoms with Crippen LogP contribution in [0.1, 0.15) is 26.3 Å². The Morgan fingerprint density at radius 2 is 2.09 bits per heavy atom. The average molecular weight is 343 g/mol. The zero-order chi connectivity index (χ0) is 17.2. The van der Waals surface area contributed by atoms with Gasteiger partial charge in [0.1, 0.15) is 5.60 Å². The van der Waals surface area contributed by atoms with Gasteiger partial charge in [0, 0.05) is 42.3 Å². The van der Waals surface area contributed by atoms with Crippen LogP contribution in [0.15, 0.2) is 12.1 Å². The van der Waals surface area contributed by atoms with E-state index in [0.29, 0.717) is 36.0 Å². The van der Waals surface area contributed by atoms with Gasteiger partial charge in [0.15, 0.2) is 11.5 Å². The third kappa shape index (κ3) is 4.65. The molecule has 0 radical (unpaired) electrons. The van der Waals surface area contributed by atoms with Crippen LogP contribution in [-0.4, -0.2) is 47.9 Å². The molecule has 1 heterocycles. The molecule has 1 amide bonds. The molecule has 128 valence electrons. The second-order valence-electron chi connectivity index (χ2n) is 6.58. The van der Waals surface area contributed by atoms with Gasteiger partial charge in [0.2, 0.25) is 0 Å². The van der Waals surface area contributed by atoms with E-state index in [0.717, 1.165) is 0 Å². The molecule has 1 aliphatic rings. The van der Waals surface area contributed by atoms with E-state index < -0.39 is 5.60 Å². The van der Waals surface area contributed by atoms with Crippen LogP contribution in [0.25, 0.3) is 0 Å². The number of hydrogen-bond acceptors (Lipinski definition) is 5. The van der Waals surface area contributed by atoms with Gasteiger partial charge in [-0.3, -0.25) is 0 Å².